The number of aryl methyl sites for hydroxylation is 1. The van der Waals surface area contributed by atoms with Crippen LogP contribution in [-0.4, -0.2) is 18.7 Å². The van der Waals surface area contributed by atoms with Crippen LogP contribution < -0.4 is 5.32 Å². The average Bonchev–Trinajstić information content (AvgIpc) is 2.54. The van der Waals surface area contributed by atoms with E-state index >= 15 is 0 Å². The third-order valence-electron chi connectivity index (χ3n) is 4.86. The van der Waals surface area contributed by atoms with Gasteiger partial charge in [0.2, 0.25) is 0 Å². The Bertz CT molecular complexity index is 614. The van der Waals surface area contributed by atoms with E-state index in [-0.39, 0.29) is 17.0 Å². The van der Waals surface area contributed by atoms with Crippen molar-refractivity contribution in [3.05, 3.63) is 65.2 Å². The van der Waals surface area contributed by atoms with Gasteiger partial charge in [0, 0.05) is 0 Å². The summed E-state index contributed by atoms with van der Waals surface area (Å²) in [5.41, 5.74) is 4.19. The molecule has 2 atom stereocenters. The Kier molecular flexibility index (Phi) is 6.67. The lowest BCUT2D eigenvalue weighted by molar-refractivity contribution is 0.365. The lowest BCUT2D eigenvalue weighted by atomic mass is 9.73. The Balaban J connectivity index is 0.00000192. The van der Waals surface area contributed by atoms with Gasteiger partial charge in [0.15, 0.2) is 0 Å². The molecule has 2 aromatic carbocycles. The molecule has 1 aliphatic carbocycles. The first-order valence-electron chi connectivity index (χ1n) is 8.28. The highest BCUT2D eigenvalue weighted by molar-refractivity contribution is 8.93. The third-order valence-corrected chi connectivity index (χ3v) is 4.86. The summed E-state index contributed by atoms with van der Waals surface area (Å²) in [6, 6.07) is 16.7. The first-order chi connectivity index (χ1) is 10.8. The molecule has 2 aromatic rings. The lowest BCUT2D eigenvalue weighted by Crippen LogP contribution is -2.29. The monoisotopic (exact) mass is 375 g/mol. The van der Waals surface area contributed by atoms with E-state index in [2.05, 4.69) is 41.7 Å². The number of benzene rings is 2. The van der Waals surface area contributed by atoms with Gasteiger partial charge in [0.05, 0.1) is 0 Å². The van der Waals surface area contributed by atoms with Gasteiger partial charge in [-0.3, -0.25) is 0 Å². The number of phenols is 1. The maximum absolute atomic E-state index is 9.74. The summed E-state index contributed by atoms with van der Waals surface area (Å²) in [7, 11) is 2.04. The molecule has 3 heteroatoms. The zero-order valence-corrected chi connectivity index (χ0v) is 15.4. The molecular formula is C20H26BrNO. The maximum Gasteiger partial charge on any atom is 0.115 e. The zero-order valence-electron chi connectivity index (χ0n) is 13.7. The van der Waals surface area contributed by atoms with Crippen LogP contribution in [0, 0.1) is 5.92 Å². The summed E-state index contributed by atoms with van der Waals surface area (Å²) in [4.78, 5) is 0. The van der Waals surface area contributed by atoms with Gasteiger partial charge in [-0.05, 0) is 79.9 Å². The Morgan fingerprint density at radius 2 is 1.96 bits per heavy atom. The molecule has 0 saturated carbocycles. The minimum absolute atomic E-state index is 0. The van der Waals surface area contributed by atoms with E-state index in [1.54, 1.807) is 0 Å². The van der Waals surface area contributed by atoms with Crippen LogP contribution in [0.4, 0.5) is 0 Å². The summed E-state index contributed by atoms with van der Waals surface area (Å²) in [5, 5.41) is 13.1. The van der Waals surface area contributed by atoms with Gasteiger partial charge in [-0.2, -0.15) is 0 Å². The van der Waals surface area contributed by atoms with Crippen LogP contribution in [0.3, 0.4) is 0 Å². The topological polar surface area (TPSA) is 32.3 Å². The van der Waals surface area contributed by atoms with Gasteiger partial charge in [0.1, 0.15) is 5.75 Å². The molecule has 0 radical (unpaired) electrons. The fraction of sp³-hybridized carbons (Fsp3) is 0.400. The molecule has 1 aliphatic rings. The van der Waals surface area contributed by atoms with Crippen molar-refractivity contribution >= 4 is 17.0 Å². The maximum atomic E-state index is 9.74. The Labute approximate surface area is 149 Å². The van der Waals surface area contributed by atoms with Crippen molar-refractivity contribution in [3.63, 3.8) is 0 Å². The van der Waals surface area contributed by atoms with Crippen LogP contribution >= 0.6 is 17.0 Å². The van der Waals surface area contributed by atoms with E-state index in [0.29, 0.717) is 17.6 Å². The number of halogens is 1. The minimum atomic E-state index is 0. The van der Waals surface area contributed by atoms with Gasteiger partial charge in [-0.25, -0.2) is 0 Å². The molecule has 0 spiro atoms. The predicted molar refractivity (Wildman–Crippen MR) is 102 cm³/mol. The molecule has 2 unspecified atom stereocenters. The van der Waals surface area contributed by atoms with E-state index in [9.17, 15) is 5.11 Å². The standard InChI is InChI=1S/C20H25NO.BrH/c1-21-14-17(12-15-6-3-2-4-7-15)19-9-5-8-16-13-18(22)10-11-20(16)19;/h2-4,6-7,10-11,13,17,19,21-22H,5,8-9,12,14H2,1H3;1H. The van der Waals surface area contributed by atoms with Crippen LogP contribution in [-0.2, 0) is 12.8 Å². The highest BCUT2D eigenvalue weighted by Gasteiger charge is 2.27. The van der Waals surface area contributed by atoms with E-state index in [1.165, 1.54) is 29.5 Å². The average molecular weight is 376 g/mol. The van der Waals surface area contributed by atoms with Crippen LogP contribution in [0.1, 0.15) is 35.4 Å². The Morgan fingerprint density at radius 1 is 1.17 bits per heavy atom. The number of hydrogen-bond acceptors (Lipinski definition) is 2. The highest BCUT2D eigenvalue weighted by Crippen LogP contribution is 2.39. The molecule has 0 saturated heterocycles. The zero-order chi connectivity index (χ0) is 15.4. The highest BCUT2D eigenvalue weighted by atomic mass is 79.9. The number of phenolic OH excluding ortho intramolecular Hbond substituents is 1. The summed E-state index contributed by atoms with van der Waals surface area (Å²) < 4.78 is 0. The summed E-state index contributed by atoms with van der Waals surface area (Å²) in [6.07, 6.45) is 4.66. The summed E-state index contributed by atoms with van der Waals surface area (Å²) >= 11 is 0. The number of rotatable bonds is 5. The fourth-order valence-corrected chi connectivity index (χ4v) is 3.86. The molecule has 3 rings (SSSR count). The molecule has 124 valence electrons. The second kappa shape index (κ2) is 8.51. The van der Waals surface area contributed by atoms with Gasteiger partial charge < -0.3 is 10.4 Å². The van der Waals surface area contributed by atoms with Crippen molar-refractivity contribution < 1.29 is 5.11 Å². The van der Waals surface area contributed by atoms with Gasteiger partial charge >= 0.3 is 0 Å². The number of fused-ring (bicyclic) bond motifs is 1. The minimum Gasteiger partial charge on any atom is -0.508 e. The van der Waals surface area contributed by atoms with Crippen LogP contribution in [0.2, 0.25) is 0 Å². The van der Waals surface area contributed by atoms with Crippen molar-refractivity contribution in [2.75, 3.05) is 13.6 Å². The van der Waals surface area contributed by atoms with E-state index in [1.807, 2.05) is 19.2 Å². The SMILES string of the molecule is Br.CNCC(Cc1ccccc1)C1CCCc2cc(O)ccc21. The lowest BCUT2D eigenvalue weighted by Gasteiger charge is -2.33. The molecular weight excluding hydrogens is 350 g/mol. The van der Waals surface area contributed by atoms with Crippen LogP contribution in [0.25, 0.3) is 0 Å². The molecule has 23 heavy (non-hydrogen) atoms. The van der Waals surface area contributed by atoms with E-state index < -0.39 is 0 Å². The first kappa shape index (κ1) is 18.0. The van der Waals surface area contributed by atoms with Gasteiger partial charge in [-0.1, -0.05) is 36.4 Å². The molecule has 0 amide bonds. The molecule has 0 aliphatic heterocycles. The predicted octanol–water partition coefficient (Wildman–Crippen LogP) is 4.47. The van der Waals surface area contributed by atoms with Gasteiger partial charge in [-0.15, -0.1) is 17.0 Å². The smallest absolute Gasteiger partial charge is 0.115 e. The molecule has 2 nitrogen and oxygen atoms in total. The van der Waals surface area contributed by atoms with Crippen LogP contribution in [0.15, 0.2) is 48.5 Å². The van der Waals surface area contributed by atoms with Crippen molar-refractivity contribution in [1.29, 1.82) is 0 Å². The van der Waals surface area contributed by atoms with Crippen molar-refractivity contribution in [2.24, 2.45) is 5.92 Å². The third kappa shape index (κ3) is 4.36. The van der Waals surface area contributed by atoms with Gasteiger partial charge in [0.25, 0.3) is 0 Å². The first-order valence-corrected chi connectivity index (χ1v) is 8.28. The van der Waals surface area contributed by atoms with E-state index in [4.69, 9.17) is 0 Å². The number of nitrogens with one attached hydrogen (secondary N) is 1. The quantitative estimate of drug-likeness (QED) is 0.807. The molecule has 0 aromatic heterocycles. The van der Waals surface area contributed by atoms with E-state index in [0.717, 1.165) is 19.4 Å². The Hall–Kier alpha value is -1.32. The van der Waals surface area contributed by atoms with Crippen molar-refractivity contribution in [1.82, 2.24) is 5.32 Å². The molecule has 0 bridgehead atoms. The molecule has 2 N–H and O–H groups in total. The van der Waals surface area contributed by atoms with Crippen molar-refractivity contribution in [3.8, 4) is 5.75 Å². The number of hydrogen-bond donors (Lipinski definition) is 2. The molecule has 0 fully saturated rings. The normalized spacial score (nSPS) is 17.9. The second-order valence-electron chi connectivity index (χ2n) is 6.39. The van der Waals surface area contributed by atoms with Crippen molar-refractivity contribution in [2.45, 2.75) is 31.6 Å². The Morgan fingerprint density at radius 3 is 2.70 bits per heavy atom. The molecule has 0 heterocycles. The summed E-state index contributed by atoms with van der Waals surface area (Å²) in [5.74, 6) is 1.57. The van der Waals surface area contributed by atoms with Crippen LogP contribution in [0.5, 0.6) is 5.75 Å². The fourth-order valence-electron chi connectivity index (χ4n) is 3.86. The second-order valence-corrected chi connectivity index (χ2v) is 6.39. The number of aromatic hydroxyl groups is 1. The summed E-state index contributed by atoms with van der Waals surface area (Å²) in [6.45, 7) is 1.03. The largest absolute Gasteiger partial charge is 0.508 e.